The molecule has 0 aliphatic heterocycles. The number of fused-ring (bicyclic) bond motifs is 2. The number of azo groups is 1. The molecule has 182 valence electrons. The molecule has 0 bridgehead atoms. The summed E-state index contributed by atoms with van der Waals surface area (Å²) in [6.07, 6.45) is 0. The molecule has 4 aromatic carbocycles. The average molecular weight is 604 g/mol. The molecule has 0 amide bonds. The third-order valence-electron chi connectivity index (χ3n) is 4.52. The summed E-state index contributed by atoms with van der Waals surface area (Å²) < 4.78 is 94.1. The molecule has 18 heteroatoms. The maximum Gasteiger partial charge on any atom is 1.00 e. The number of nitrogens with zero attached hydrogens (tertiary/aromatic N) is 2. The fourth-order valence-corrected chi connectivity index (χ4v) is 4.21. The average Bonchev–Trinajstić information content (AvgIpc) is 2.76. The van der Waals surface area contributed by atoms with Crippen LogP contribution in [0.3, 0.4) is 0 Å². The molecule has 0 saturated heterocycles. The van der Waals surface area contributed by atoms with Crippen molar-refractivity contribution in [3.05, 3.63) is 66.7 Å². The fraction of sp³-hybridized carbons (Fsp3) is 0. The molecule has 0 heterocycles. The minimum Gasteiger partial charge on any atom is -0.744 e. The van der Waals surface area contributed by atoms with Crippen LogP contribution in [0.1, 0.15) is 0 Å². The number of rotatable bonds is 4. The van der Waals surface area contributed by atoms with Gasteiger partial charge in [0.25, 0.3) is 0 Å². The van der Waals surface area contributed by atoms with Crippen LogP contribution in [0.25, 0.3) is 21.5 Å². The van der Waals surface area contributed by atoms with Crippen molar-refractivity contribution < 1.29 is 132 Å². The molecular formula is C20H11N2Na3O10S3. The van der Waals surface area contributed by atoms with Gasteiger partial charge in [-0.1, -0.05) is 23.6 Å². The Bertz CT molecular complexity index is 1820. The fourth-order valence-electron chi connectivity index (χ4n) is 3.10. The van der Waals surface area contributed by atoms with Gasteiger partial charge in [-0.2, -0.15) is 5.11 Å². The zero-order valence-corrected chi connectivity index (χ0v) is 28.5. The Kier molecular flexibility index (Phi) is 15.0. The van der Waals surface area contributed by atoms with Crippen LogP contribution >= 0.6 is 0 Å². The van der Waals surface area contributed by atoms with E-state index in [2.05, 4.69) is 16.3 Å². The van der Waals surface area contributed by atoms with Gasteiger partial charge >= 0.3 is 99.3 Å². The molecule has 12 nitrogen and oxygen atoms in total. The van der Waals surface area contributed by atoms with Gasteiger partial charge < -0.3 is 14.2 Å². The van der Waals surface area contributed by atoms with Crippen molar-refractivity contribution in [1.82, 2.24) is 0 Å². The van der Waals surface area contributed by atoms with Gasteiger partial charge in [0, 0.05) is 11.1 Å². The number of aromatic hydroxyl groups is 1. The summed E-state index contributed by atoms with van der Waals surface area (Å²) in [4.78, 5) is -1.65. The first-order valence-electron chi connectivity index (χ1n) is 9.08. The van der Waals surface area contributed by atoms with E-state index in [1.807, 2.05) is 6.07 Å². The summed E-state index contributed by atoms with van der Waals surface area (Å²) in [7, 11) is -13.1. The second kappa shape index (κ2) is 15.3. The van der Waals surface area contributed by atoms with E-state index in [0.717, 1.165) is 23.6 Å². The molecule has 0 spiro atoms. The minimum atomic E-state index is -5.15. The SMILES string of the molecule is O=S(=O)([O-])c1ccc2c(N=Nc3cc[c-]c4ccccc34)c(O)c(S(=O)(=O)[O-])cc2c1.O=S(=O)=O.[Na+].[Na+].[Na+]. The van der Waals surface area contributed by atoms with Gasteiger partial charge in [-0.05, 0) is 23.6 Å². The normalized spacial score (nSPS) is 11.0. The first-order chi connectivity index (χ1) is 16.3. The van der Waals surface area contributed by atoms with Crippen molar-refractivity contribution >= 4 is 63.8 Å². The van der Waals surface area contributed by atoms with Crippen LogP contribution in [-0.4, -0.2) is 43.7 Å². The predicted octanol–water partition coefficient (Wildman–Crippen LogP) is -6.27. The van der Waals surface area contributed by atoms with E-state index in [4.69, 9.17) is 12.6 Å². The zero-order chi connectivity index (χ0) is 26.0. The Hall–Kier alpha value is -0.760. The molecule has 0 radical (unpaired) electrons. The van der Waals surface area contributed by atoms with E-state index in [9.17, 15) is 31.0 Å². The number of benzene rings is 4. The molecule has 4 rings (SSSR count). The van der Waals surface area contributed by atoms with Crippen LogP contribution in [0.5, 0.6) is 5.75 Å². The van der Waals surface area contributed by atoms with E-state index < -0.39 is 46.4 Å². The van der Waals surface area contributed by atoms with Gasteiger partial charge in [0.15, 0.2) is 5.75 Å². The minimum absolute atomic E-state index is 0. The van der Waals surface area contributed by atoms with Crippen molar-refractivity contribution in [2.45, 2.75) is 9.79 Å². The van der Waals surface area contributed by atoms with Crippen LogP contribution < -0.4 is 88.7 Å². The van der Waals surface area contributed by atoms with Gasteiger partial charge in [-0.15, -0.1) is 53.5 Å². The molecule has 38 heavy (non-hydrogen) atoms. The number of phenols is 1. The standard InChI is InChI=1S/C20H13N2O7S2.3Na.O3S/c23-20-18(31(27,28)29)11-13-10-14(30(24,25)26)8-9-16(13)19(20)22-21-17-7-3-5-12-4-1-2-6-15(12)17;;;;1-4(2)3/h1-4,6-11,23H,(H,24,25,26)(H,27,28,29);;;;/q-1;3*+1;/p-2. The van der Waals surface area contributed by atoms with Gasteiger partial charge in [0.1, 0.15) is 25.9 Å². The maximum atomic E-state index is 11.6. The van der Waals surface area contributed by atoms with Gasteiger partial charge in [-0.3, -0.25) is 0 Å². The third-order valence-corrected chi connectivity index (χ3v) is 6.20. The topological polar surface area (TPSA) is 211 Å². The van der Waals surface area contributed by atoms with E-state index in [1.165, 1.54) is 6.07 Å². The van der Waals surface area contributed by atoms with Crippen LogP contribution in [0.15, 0.2) is 80.7 Å². The Balaban J connectivity index is 0.00000183. The first-order valence-corrected chi connectivity index (χ1v) is 12.9. The maximum absolute atomic E-state index is 11.6. The quantitative estimate of drug-likeness (QED) is 0.101. The number of phenolic OH excluding ortho intramolecular Hbond substituents is 1. The van der Waals surface area contributed by atoms with Crippen molar-refractivity contribution in [3.8, 4) is 5.75 Å². The summed E-state index contributed by atoms with van der Waals surface area (Å²) >= 11 is 0. The monoisotopic (exact) mass is 604 g/mol. The molecule has 0 atom stereocenters. The van der Waals surface area contributed by atoms with E-state index in [-0.39, 0.29) is 105 Å². The van der Waals surface area contributed by atoms with Crippen molar-refractivity contribution in [1.29, 1.82) is 0 Å². The van der Waals surface area contributed by atoms with Gasteiger partial charge in [0.2, 0.25) is 0 Å². The molecule has 0 fully saturated rings. The Morgan fingerprint density at radius 2 is 1.39 bits per heavy atom. The number of hydrogen-bond acceptors (Lipinski definition) is 12. The van der Waals surface area contributed by atoms with Crippen molar-refractivity contribution in [2.24, 2.45) is 10.2 Å². The van der Waals surface area contributed by atoms with E-state index in [0.29, 0.717) is 11.1 Å². The Morgan fingerprint density at radius 3 is 1.97 bits per heavy atom. The third kappa shape index (κ3) is 9.42. The summed E-state index contributed by atoms with van der Waals surface area (Å²) in [5.41, 5.74) is 0.0229. The van der Waals surface area contributed by atoms with E-state index in [1.54, 1.807) is 30.3 Å². The number of hydrogen-bond donors (Lipinski definition) is 1. The molecule has 0 aliphatic carbocycles. The second-order valence-electron chi connectivity index (χ2n) is 6.68. The van der Waals surface area contributed by atoms with Crippen molar-refractivity contribution in [3.63, 3.8) is 0 Å². The van der Waals surface area contributed by atoms with Crippen LogP contribution in [0.2, 0.25) is 0 Å². The molecule has 0 unspecified atom stereocenters. The van der Waals surface area contributed by atoms with Crippen molar-refractivity contribution in [2.75, 3.05) is 0 Å². The largest absolute Gasteiger partial charge is 1.00 e. The predicted molar refractivity (Wildman–Crippen MR) is 118 cm³/mol. The Morgan fingerprint density at radius 1 is 0.789 bits per heavy atom. The molecule has 4 aromatic rings. The van der Waals surface area contributed by atoms with Crippen LogP contribution in [-0.2, 0) is 30.8 Å². The summed E-state index contributed by atoms with van der Waals surface area (Å²) in [6, 6.07) is 17.2. The summed E-state index contributed by atoms with van der Waals surface area (Å²) in [5.74, 6) is -0.934. The van der Waals surface area contributed by atoms with Crippen LogP contribution in [0.4, 0.5) is 11.4 Å². The van der Waals surface area contributed by atoms with E-state index >= 15 is 0 Å². The molecule has 0 aliphatic rings. The molecular weight excluding hydrogens is 593 g/mol. The van der Waals surface area contributed by atoms with Gasteiger partial charge in [-0.25, -0.2) is 16.8 Å². The Labute approximate surface area is 285 Å². The second-order valence-corrected chi connectivity index (χ2v) is 9.81. The molecule has 1 N–H and O–H groups in total. The van der Waals surface area contributed by atoms with Crippen LogP contribution in [0, 0.1) is 6.07 Å². The summed E-state index contributed by atoms with van der Waals surface area (Å²) in [6.45, 7) is 0. The first kappa shape index (κ1) is 37.2. The molecule has 0 aromatic heterocycles. The smallest absolute Gasteiger partial charge is 0.744 e. The zero-order valence-electron chi connectivity index (χ0n) is 20.0. The summed E-state index contributed by atoms with van der Waals surface area (Å²) in [5, 5.41) is 19.9. The molecule has 0 saturated carbocycles. The van der Waals surface area contributed by atoms with Gasteiger partial charge in [0.05, 0.1) is 9.79 Å².